The maximum Gasteiger partial charge on any atom is 0.230 e. The van der Waals surface area contributed by atoms with Crippen LogP contribution in [0.3, 0.4) is 0 Å². The van der Waals surface area contributed by atoms with Crippen LogP contribution >= 0.6 is 0 Å². The molecule has 4 nitrogen and oxygen atoms in total. The number of carbonyl (C=O) groups is 2. The van der Waals surface area contributed by atoms with Crippen LogP contribution in [0.4, 0.5) is 5.69 Å². The number of nitrogens with zero attached hydrogens (tertiary/aromatic N) is 1. The van der Waals surface area contributed by atoms with E-state index in [2.05, 4.69) is 6.58 Å². The fraction of sp³-hybridized carbons (Fsp3) is 0.333. The van der Waals surface area contributed by atoms with Gasteiger partial charge in [0.2, 0.25) is 5.91 Å². The Bertz CT molecular complexity index is 548. The number of hydrogen-bond donors (Lipinski definition) is 0. The quantitative estimate of drug-likeness (QED) is 0.619. The van der Waals surface area contributed by atoms with Crippen LogP contribution in [0.5, 0.6) is 5.75 Å². The van der Waals surface area contributed by atoms with Gasteiger partial charge in [-0.1, -0.05) is 12.2 Å². The van der Waals surface area contributed by atoms with Gasteiger partial charge >= 0.3 is 0 Å². The highest BCUT2D eigenvalue weighted by atomic mass is 16.5. The molecule has 19 heavy (non-hydrogen) atoms. The van der Waals surface area contributed by atoms with Crippen molar-refractivity contribution in [3.05, 3.63) is 35.9 Å². The van der Waals surface area contributed by atoms with Gasteiger partial charge in [-0.15, -0.1) is 0 Å². The number of hydrogen-bond acceptors (Lipinski definition) is 3. The van der Waals surface area contributed by atoms with E-state index in [4.69, 9.17) is 4.74 Å². The SMILES string of the molecule is C=C(C)CN1C(=O)CCOc2ccc(C(C)=O)cc21. The molecule has 0 aromatic heterocycles. The Balaban J connectivity index is 2.49. The Hall–Kier alpha value is -2.10. The third-order valence-electron chi connectivity index (χ3n) is 2.96. The zero-order valence-electron chi connectivity index (χ0n) is 11.2. The van der Waals surface area contributed by atoms with Crippen molar-refractivity contribution < 1.29 is 14.3 Å². The molecule has 0 saturated heterocycles. The number of anilines is 1. The summed E-state index contributed by atoms with van der Waals surface area (Å²) in [5, 5.41) is 0. The van der Waals surface area contributed by atoms with Crippen molar-refractivity contribution in [3.8, 4) is 5.75 Å². The van der Waals surface area contributed by atoms with Crippen LogP contribution in [0, 0.1) is 0 Å². The van der Waals surface area contributed by atoms with Crippen LogP contribution in [0.25, 0.3) is 0 Å². The molecule has 1 aromatic carbocycles. The molecule has 0 unspecified atom stereocenters. The van der Waals surface area contributed by atoms with E-state index >= 15 is 0 Å². The Morgan fingerprint density at radius 3 is 2.79 bits per heavy atom. The Labute approximate surface area is 112 Å². The van der Waals surface area contributed by atoms with E-state index in [1.54, 1.807) is 23.1 Å². The third kappa shape index (κ3) is 2.84. The molecule has 1 aliphatic rings. The molecule has 100 valence electrons. The summed E-state index contributed by atoms with van der Waals surface area (Å²) in [5.74, 6) is 0.592. The van der Waals surface area contributed by atoms with Crippen LogP contribution in [0.1, 0.15) is 30.6 Å². The van der Waals surface area contributed by atoms with E-state index in [-0.39, 0.29) is 11.7 Å². The van der Waals surface area contributed by atoms with Gasteiger partial charge in [0, 0.05) is 12.1 Å². The Kier molecular flexibility index (Phi) is 3.69. The molecule has 0 aliphatic carbocycles. The number of ether oxygens (including phenoxy) is 1. The molecule has 0 bridgehead atoms. The average molecular weight is 259 g/mol. The van der Waals surface area contributed by atoms with Gasteiger partial charge in [-0.2, -0.15) is 0 Å². The summed E-state index contributed by atoms with van der Waals surface area (Å²) < 4.78 is 5.56. The van der Waals surface area contributed by atoms with Crippen molar-refractivity contribution in [3.63, 3.8) is 0 Å². The number of Topliss-reactive ketones (excluding diaryl/α,β-unsaturated/α-hetero) is 1. The van der Waals surface area contributed by atoms with Crippen LogP contribution in [-0.4, -0.2) is 24.8 Å². The molecule has 1 aliphatic heterocycles. The lowest BCUT2D eigenvalue weighted by Crippen LogP contribution is -2.31. The predicted octanol–water partition coefficient (Wildman–Crippen LogP) is 2.58. The van der Waals surface area contributed by atoms with E-state index in [0.29, 0.717) is 36.6 Å². The van der Waals surface area contributed by atoms with Crippen molar-refractivity contribution in [2.45, 2.75) is 20.3 Å². The first-order valence-electron chi connectivity index (χ1n) is 6.21. The van der Waals surface area contributed by atoms with Crippen molar-refractivity contribution in [2.75, 3.05) is 18.1 Å². The largest absolute Gasteiger partial charge is 0.491 e. The zero-order chi connectivity index (χ0) is 14.0. The summed E-state index contributed by atoms with van der Waals surface area (Å²) in [6, 6.07) is 5.18. The highest BCUT2D eigenvalue weighted by Gasteiger charge is 2.23. The number of carbonyl (C=O) groups excluding carboxylic acids is 2. The first-order valence-corrected chi connectivity index (χ1v) is 6.21. The highest BCUT2D eigenvalue weighted by molar-refractivity contribution is 6.00. The van der Waals surface area contributed by atoms with Gasteiger partial charge in [-0.25, -0.2) is 0 Å². The molecule has 4 heteroatoms. The van der Waals surface area contributed by atoms with Crippen molar-refractivity contribution in [1.29, 1.82) is 0 Å². The van der Waals surface area contributed by atoms with Gasteiger partial charge in [0.1, 0.15) is 5.75 Å². The van der Waals surface area contributed by atoms with E-state index < -0.39 is 0 Å². The van der Waals surface area contributed by atoms with Crippen molar-refractivity contribution in [2.24, 2.45) is 0 Å². The van der Waals surface area contributed by atoms with E-state index in [9.17, 15) is 9.59 Å². The summed E-state index contributed by atoms with van der Waals surface area (Å²) >= 11 is 0. The van der Waals surface area contributed by atoms with Crippen LogP contribution < -0.4 is 9.64 Å². The lowest BCUT2D eigenvalue weighted by molar-refractivity contribution is -0.118. The summed E-state index contributed by atoms with van der Waals surface area (Å²) in [4.78, 5) is 25.2. The summed E-state index contributed by atoms with van der Waals surface area (Å²) in [6.07, 6.45) is 0.331. The standard InChI is InChI=1S/C15H17NO3/c1-10(2)9-16-13-8-12(11(3)17)4-5-14(13)19-7-6-15(16)18/h4-5,8H,1,6-7,9H2,2-3H3. The normalized spacial score (nSPS) is 14.4. The summed E-state index contributed by atoms with van der Waals surface area (Å²) in [7, 11) is 0. The van der Waals surface area contributed by atoms with Gasteiger partial charge in [-0.3, -0.25) is 9.59 Å². The maximum atomic E-state index is 12.1. The second-order valence-corrected chi connectivity index (χ2v) is 4.77. The molecular formula is C15H17NO3. The summed E-state index contributed by atoms with van der Waals surface area (Å²) in [5.41, 5.74) is 2.11. The summed E-state index contributed by atoms with van der Waals surface area (Å²) in [6.45, 7) is 8.02. The van der Waals surface area contributed by atoms with Gasteiger partial charge in [-0.05, 0) is 32.0 Å². The molecule has 1 heterocycles. The molecule has 0 N–H and O–H groups in total. The van der Waals surface area contributed by atoms with Crippen LogP contribution in [-0.2, 0) is 4.79 Å². The molecule has 2 rings (SSSR count). The fourth-order valence-corrected chi connectivity index (χ4v) is 2.03. The predicted molar refractivity (Wildman–Crippen MR) is 73.7 cm³/mol. The number of benzene rings is 1. The van der Waals surface area contributed by atoms with Gasteiger partial charge < -0.3 is 9.64 Å². The molecule has 1 aromatic rings. The lowest BCUT2D eigenvalue weighted by atomic mass is 10.1. The smallest absolute Gasteiger partial charge is 0.230 e. The van der Waals surface area contributed by atoms with Gasteiger partial charge in [0.05, 0.1) is 18.7 Å². The number of rotatable bonds is 3. The molecular weight excluding hydrogens is 242 g/mol. The van der Waals surface area contributed by atoms with Gasteiger partial charge in [0.25, 0.3) is 0 Å². The number of ketones is 1. The lowest BCUT2D eigenvalue weighted by Gasteiger charge is -2.22. The second kappa shape index (κ2) is 5.26. The fourth-order valence-electron chi connectivity index (χ4n) is 2.03. The van der Waals surface area contributed by atoms with E-state index in [1.165, 1.54) is 6.92 Å². The highest BCUT2D eigenvalue weighted by Crippen LogP contribution is 2.33. The average Bonchev–Trinajstić information content (AvgIpc) is 2.49. The number of fused-ring (bicyclic) bond motifs is 1. The second-order valence-electron chi connectivity index (χ2n) is 4.77. The molecule has 0 spiro atoms. The minimum Gasteiger partial charge on any atom is -0.491 e. The molecule has 1 amide bonds. The molecule has 0 fully saturated rings. The molecule has 0 atom stereocenters. The molecule has 0 radical (unpaired) electrons. The van der Waals surface area contributed by atoms with Crippen LogP contribution in [0.2, 0.25) is 0 Å². The van der Waals surface area contributed by atoms with Crippen molar-refractivity contribution in [1.82, 2.24) is 0 Å². The first kappa shape index (κ1) is 13.3. The van der Waals surface area contributed by atoms with E-state index in [1.807, 2.05) is 6.92 Å². The topological polar surface area (TPSA) is 46.6 Å². The Morgan fingerprint density at radius 2 is 2.16 bits per heavy atom. The maximum absolute atomic E-state index is 12.1. The Morgan fingerprint density at radius 1 is 1.42 bits per heavy atom. The van der Waals surface area contributed by atoms with Crippen LogP contribution in [0.15, 0.2) is 30.4 Å². The minimum atomic E-state index is -0.0326. The number of amides is 1. The van der Waals surface area contributed by atoms with Crippen molar-refractivity contribution >= 4 is 17.4 Å². The monoisotopic (exact) mass is 259 g/mol. The van der Waals surface area contributed by atoms with E-state index in [0.717, 1.165) is 5.57 Å². The third-order valence-corrected chi connectivity index (χ3v) is 2.96. The zero-order valence-corrected chi connectivity index (χ0v) is 11.2. The van der Waals surface area contributed by atoms with Gasteiger partial charge in [0.15, 0.2) is 5.78 Å². The first-order chi connectivity index (χ1) is 8.99. The minimum absolute atomic E-state index is 0.0116. The molecule has 0 saturated carbocycles.